The molecule has 0 saturated heterocycles. The summed E-state index contributed by atoms with van der Waals surface area (Å²) >= 11 is 0. The highest BCUT2D eigenvalue weighted by molar-refractivity contribution is 6.25. The van der Waals surface area contributed by atoms with Crippen LogP contribution < -0.4 is 5.73 Å². The van der Waals surface area contributed by atoms with Crippen molar-refractivity contribution in [2.45, 2.75) is 25.2 Å². The van der Waals surface area contributed by atoms with Crippen LogP contribution in [0.1, 0.15) is 29.9 Å². The third-order valence-electron chi connectivity index (χ3n) is 6.43. The number of allylic oxidation sites excluding steroid dienone is 2. The van der Waals surface area contributed by atoms with Crippen LogP contribution in [0.4, 0.5) is 11.4 Å². The van der Waals surface area contributed by atoms with E-state index in [1.54, 1.807) is 6.07 Å². The lowest BCUT2D eigenvalue weighted by Gasteiger charge is -2.26. The lowest BCUT2D eigenvalue weighted by molar-refractivity contribution is -0.115. The van der Waals surface area contributed by atoms with E-state index in [0.29, 0.717) is 35.5 Å². The van der Waals surface area contributed by atoms with Gasteiger partial charge < -0.3 is 10.8 Å². The molecule has 34 heavy (non-hydrogen) atoms. The summed E-state index contributed by atoms with van der Waals surface area (Å²) < 4.78 is 0. The fourth-order valence-corrected chi connectivity index (χ4v) is 4.73. The first-order valence-electron chi connectivity index (χ1n) is 11.5. The van der Waals surface area contributed by atoms with Crippen LogP contribution in [0.2, 0.25) is 0 Å². The molecule has 0 spiro atoms. The van der Waals surface area contributed by atoms with Crippen molar-refractivity contribution in [3.05, 3.63) is 120 Å². The van der Waals surface area contributed by atoms with Crippen LogP contribution in [0.15, 0.2) is 113 Å². The number of nitrogen functional groups attached to an aromatic ring is 1. The van der Waals surface area contributed by atoms with Gasteiger partial charge in [0.25, 0.3) is 0 Å². The zero-order valence-electron chi connectivity index (χ0n) is 18.8. The van der Waals surface area contributed by atoms with Crippen molar-refractivity contribution in [1.82, 2.24) is 0 Å². The number of carbonyl (C=O) groups excluding carboxylic acids is 1. The van der Waals surface area contributed by atoms with E-state index in [9.17, 15) is 9.90 Å². The maximum Gasteiger partial charge on any atom is 0.168 e. The first-order valence-corrected chi connectivity index (χ1v) is 11.5. The van der Waals surface area contributed by atoms with Gasteiger partial charge in [-0.1, -0.05) is 84.9 Å². The predicted molar refractivity (Wildman–Crippen MR) is 139 cm³/mol. The van der Waals surface area contributed by atoms with Crippen molar-refractivity contribution >= 4 is 33.6 Å². The normalized spacial score (nSPS) is 18.9. The Balaban J connectivity index is 1.59. The van der Waals surface area contributed by atoms with E-state index in [4.69, 9.17) is 10.7 Å². The van der Waals surface area contributed by atoms with Crippen molar-refractivity contribution in [1.29, 1.82) is 0 Å². The molecule has 0 radical (unpaired) electrons. The van der Waals surface area contributed by atoms with Gasteiger partial charge in [-0.3, -0.25) is 9.79 Å². The fourth-order valence-electron chi connectivity index (χ4n) is 4.73. The van der Waals surface area contributed by atoms with Crippen molar-refractivity contribution < 1.29 is 9.90 Å². The topological polar surface area (TPSA) is 75.7 Å². The number of nitrogens with zero attached hydrogens (tertiary/aromatic N) is 1. The number of nitrogens with two attached hydrogens (primary N) is 1. The summed E-state index contributed by atoms with van der Waals surface area (Å²) in [6.45, 7) is 0. The maximum absolute atomic E-state index is 13.4. The van der Waals surface area contributed by atoms with Crippen LogP contribution in [0.25, 0.3) is 10.8 Å². The Hall–Kier alpha value is -4.18. The lowest BCUT2D eigenvalue weighted by Crippen LogP contribution is -2.27. The monoisotopic (exact) mass is 446 g/mol. The summed E-state index contributed by atoms with van der Waals surface area (Å²) in [5, 5.41) is 13.4. The molecule has 1 fully saturated rings. The van der Waals surface area contributed by atoms with Gasteiger partial charge in [0.15, 0.2) is 5.78 Å². The summed E-state index contributed by atoms with van der Waals surface area (Å²) in [7, 11) is 0. The van der Waals surface area contributed by atoms with E-state index in [1.807, 2.05) is 91.0 Å². The van der Waals surface area contributed by atoms with E-state index in [1.165, 1.54) is 0 Å². The molecule has 168 valence electrons. The fraction of sp³-hybridized carbons (Fsp3) is 0.133. The quantitative estimate of drug-likeness (QED) is 0.208. The number of para-hydroxylation sites is 2. The number of fused-ring (bicyclic) bond motifs is 1. The third kappa shape index (κ3) is 4.35. The van der Waals surface area contributed by atoms with Gasteiger partial charge in [-0.05, 0) is 46.4 Å². The molecule has 0 heterocycles. The molecule has 0 bridgehead atoms. The smallest absolute Gasteiger partial charge is 0.168 e. The molecule has 0 aromatic heterocycles. The largest absolute Gasteiger partial charge is 0.511 e. The standard InChI is InChI=1S/C30H26N2O2/c31-25-15-6-7-16-26(25)32-27-17-23(20-9-2-1-3-10-20)19-29(34)30(27)28(33)18-22-13-8-12-21-11-4-5-14-24(21)22/h1-16,23,33H,17-19,31H2/b30-28+,32-27?. The summed E-state index contributed by atoms with van der Waals surface area (Å²) in [4.78, 5) is 18.2. The summed E-state index contributed by atoms with van der Waals surface area (Å²) in [5.74, 6) is -0.0290. The Bertz CT molecular complexity index is 1410. The molecule has 4 heteroatoms. The highest BCUT2D eigenvalue weighted by atomic mass is 16.3. The van der Waals surface area contributed by atoms with Gasteiger partial charge in [0.2, 0.25) is 0 Å². The molecular weight excluding hydrogens is 420 g/mol. The van der Waals surface area contributed by atoms with Gasteiger partial charge in [0, 0.05) is 12.8 Å². The molecule has 1 atom stereocenters. The first-order chi connectivity index (χ1) is 16.6. The lowest BCUT2D eigenvalue weighted by atomic mass is 9.78. The number of carbonyl (C=O) groups is 1. The van der Waals surface area contributed by atoms with Crippen molar-refractivity contribution in [2.75, 3.05) is 5.73 Å². The predicted octanol–water partition coefficient (Wildman–Crippen LogP) is 6.70. The minimum Gasteiger partial charge on any atom is -0.511 e. The second kappa shape index (κ2) is 9.36. The molecule has 0 amide bonds. The number of aliphatic hydroxyl groups excluding tert-OH is 1. The van der Waals surface area contributed by atoms with Gasteiger partial charge in [-0.25, -0.2) is 0 Å². The molecular formula is C30H26N2O2. The molecule has 5 rings (SSSR count). The second-order valence-corrected chi connectivity index (χ2v) is 8.69. The number of hydrogen-bond donors (Lipinski definition) is 2. The van der Waals surface area contributed by atoms with E-state index < -0.39 is 0 Å². The molecule has 4 aromatic rings. The number of ketones is 1. The number of Topliss-reactive ketones (excluding diaryl/α,β-unsaturated/α-hetero) is 1. The van der Waals surface area contributed by atoms with Gasteiger partial charge in [-0.2, -0.15) is 0 Å². The zero-order valence-corrected chi connectivity index (χ0v) is 18.8. The number of benzene rings is 4. The Kier molecular flexibility index (Phi) is 5.96. The maximum atomic E-state index is 13.4. The molecule has 3 N–H and O–H groups in total. The number of aliphatic imine (C=N–C) groups is 1. The molecule has 1 unspecified atom stereocenters. The van der Waals surface area contributed by atoms with Crippen molar-refractivity contribution in [3.63, 3.8) is 0 Å². The zero-order chi connectivity index (χ0) is 23.5. The van der Waals surface area contributed by atoms with E-state index >= 15 is 0 Å². The molecule has 4 nitrogen and oxygen atoms in total. The average molecular weight is 447 g/mol. The van der Waals surface area contributed by atoms with Crippen LogP contribution in [-0.2, 0) is 11.2 Å². The number of aliphatic hydroxyl groups is 1. The number of hydrogen-bond acceptors (Lipinski definition) is 4. The van der Waals surface area contributed by atoms with Gasteiger partial charge in [0.1, 0.15) is 5.76 Å². The van der Waals surface area contributed by atoms with Crippen molar-refractivity contribution in [3.8, 4) is 0 Å². The van der Waals surface area contributed by atoms with E-state index in [2.05, 4.69) is 0 Å². The Morgan fingerprint density at radius 1 is 0.853 bits per heavy atom. The average Bonchev–Trinajstić information content (AvgIpc) is 2.86. The Labute approximate surface area is 199 Å². The van der Waals surface area contributed by atoms with Crippen LogP contribution in [-0.4, -0.2) is 16.6 Å². The number of rotatable bonds is 4. The Morgan fingerprint density at radius 3 is 2.38 bits per heavy atom. The van der Waals surface area contributed by atoms with Crippen LogP contribution in [0.5, 0.6) is 0 Å². The highest BCUT2D eigenvalue weighted by Gasteiger charge is 2.32. The summed E-state index contributed by atoms with van der Waals surface area (Å²) in [6, 6.07) is 31.4. The van der Waals surface area contributed by atoms with Gasteiger partial charge in [-0.15, -0.1) is 0 Å². The highest BCUT2D eigenvalue weighted by Crippen LogP contribution is 2.36. The third-order valence-corrected chi connectivity index (χ3v) is 6.43. The van der Waals surface area contributed by atoms with Crippen LogP contribution in [0.3, 0.4) is 0 Å². The minimum absolute atomic E-state index is 0.00601. The molecule has 1 aliphatic rings. The van der Waals surface area contributed by atoms with Crippen LogP contribution >= 0.6 is 0 Å². The van der Waals surface area contributed by atoms with E-state index in [0.717, 1.165) is 21.9 Å². The minimum atomic E-state index is -0.0916. The van der Waals surface area contributed by atoms with Gasteiger partial charge >= 0.3 is 0 Å². The Morgan fingerprint density at radius 2 is 1.56 bits per heavy atom. The second-order valence-electron chi connectivity index (χ2n) is 8.69. The SMILES string of the molecule is Nc1ccccc1N=C1CC(c2ccccc2)CC(=O)/C1=C(/O)Cc1cccc2ccccc12. The molecule has 0 aliphatic heterocycles. The summed E-state index contributed by atoms with van der Waals surface area (Å²) in [6.07, 6.45) is 1.16. The number of anilines is 1. The van der Waals surface area contributed by atoms with E-state index in [-0.39, 0.29) is 23.9 Å². The van der Waals surface area contributed by atoms with Crippen LogP contribution in [0, 0.1) is 0 Å². The summed E-state index contributed by atoms with van der Waals surface area (Å²) in [5.41, 5.74) is 10.3. The molecule has 1 saturated carbocycles. The first kappa shape index (κ1) is 21.7. The van der Waals surface area contributed by atoms with Crippen molar-refractivity contribution in [2.24, 2.45) is 4.99 Å². The molecule has 4 aromatic carbocycles. The molecule has 1 aliphatic carbocycles. The van der Waals surface area contributed by atoms with Gasteiger partial charge in [0.05, 0.1) is 22.7 Å².